The number of benzene rings is 1. The van der Waals surface area contributed by atoms with E-state index in [1.165, 1.54) is 24.3 Å². The highest BCUT2D eigenvalue weighted by atomic mass is 35.5. The van der Waals surface area contributed by atoms with Crippen molar-refractivity contribution < 1.29 is 9.72 Å². The molecule has 1 N–H and O–H groups in total. The van der Waals surface area contributed by atoms with Crippen molar-refractivity contribution in [3.05, 3.63) is 39.9 Å². The maximum atomic E-state index is 11.6. The van der Waals surface area contributed by atoms with Gasteiger partial charge in [0.25, 0.3) is 11.6 Å². The number of alkyl halides is 1. The van der Waals surface area contributed by atoms with Gasteiger partial charge in [-0.05, 0) is 25.0 Å². The Kier molecular flexibility index (Phi) is 5.42. The molecule has 0 unspecified atom stereocenters. The lowest BCUT2D eigenvalue weighted by molar-refractivity contribution is -0.384. The van der Waals surface area contributed by atoms with Gasteiger partial charge in [0, 0.05) is 30.1 Å². The summed E-state index contributed by atoms with van der Waals surface area (Å²) in [5.74, 6) is 0.349. The molecular weight excluding hydrogens is 244 g/mol. The van der Waals surface area contributed by atoms with Crippen LogP contribution in [0.25, 0.3) is 0 Å². The number of rotatable bonds is 6. The summed E-state index contributed by atoms with van der Waals surface area (Å²) in [5.41, 5.74) is 0.394. The smallest absolute Gasteiger partial charge is 0.269 e. The number of nitro benzene ring substituents is 1. The van der Waals surface area contributed by atoms with Crippen molar-refractivity contribution in [2.75, 3.05) is 12.4 Å². The molecule has 0 aliphatic rings. The highest BCUT2D eigenvalue weighted by Crippen LogP contribution is 2.11. The molecule has 0 fully saturated rings. The fraction of sp³-hybridized carbons (Fsp3) is 0.364. The van der Waals surface area contributed by atoms with Crippen molar-refractivity contribution in [3.63, 3.8) is 0 Å². The number of non-ortho nitro benzene ring substituents is 1. The molecule has 0 saturated carbocycles. The molecule has 0 spiro atoms. The molecule has 5 nitrogen and oxygen atoms in total. The van der Waals surface area contributed by atoms with Crippen LogP contribution in [0.1, 0.15) is 23.2 Å². The van der Waals surface area contributed by atoms with E-state index in [1.807, 2.05) is 0 Å². The van der Waals surface area contributed by atoms with Crippen molar-refractivity contribution in [3.8, 4) is 0 Å². The first kappa shape index (κ1) is 13.4. The Morgan fingerprint density at radius 2 is 1.94 bits per heavy atom. The first-order valence-electron chi connectivity index (χ1n) is 5.24. The molecule has 1 amide bonds. The first-order valence-corrected chi connectivity index (χ1v) is 5.77. The molecule has 0 heterocycles. The third kappa shape index (κ3) is 4.40. The van der Waals surface area contributed by atoms with E-state index in [1.54, 1.807) is 0 Å². The van der Waals surface area contributed by atoms with Crippen molar-refractivity contribution >= 4 is 23.2 Å². The maximum absolute atomic E-state index is 11.6. The monoisotopic (exact) mass is 256 g/mol. The summed E-state index contributed by atoms with van der Waals surface area (Å²) in [6.45, 7) is 0.558. The quantitative estimate of drug-likeness (QED) is 0.367. The van der Waals surface area contributed by atoms with Crippen LogP contribution in [-0.2, 0) is 0 Å². The topological polar surface area (TPSA) is 72.2 Å². The summed E-state index contributed by atoms with van der Waals surface area (Å²) in [6.07, 6.45) is 1.67. The lowest BCUT2D eigenvalue weighted by Gasteiger charge is -2.03. The molecule has 92 valence electrons. The summed E-state index contributed by atoms with van der Waals surface area (Å²) >= 11 is 5.50. The number of halogens is 1. The van der Waals surface area contributed by atoms with Crippen LogP contribution in [0.4, 0.5) is 5.69 Å². The zero-order valence-corrected chi connectivity index (χ0v) is 9.94. The summed E-state index contributed by atoms with van der Waals surface area (Å²) < 4.78 is 0. The number of amides is 1. The van der Waals surface area contributed by atoms with E-state index in [9.17, 15) is 14.9 Å². The number of nitrogens with one attached hydrogen (secondary N) is 1. The zero-order chi connectivity index (χ0) is 12.7. The van der Waals surface area contributed by atoms with Crippen LogP contribution in [0.5, 0.6) is 0 Å². The SMILES string of the molecule is O=C(NCCCCCl)c1ccc([N+](=O)[O-])cc1. The minimum absolute atomic E-state index is 0.0244. The van der Waals surface area contributed by atoms with Crippen molar-refractivity contribution in [1.82, 2.24) is 5.32 Å². The molecule has 1 aromatic rings. The minimum Gasteiger partial charge on any atom is -0.352 e. The second kappa shape index (κ2) is 6.85. The Labute approximate surface area is 104 Å². The fourth-order valence-corrected chi connectivity index (χ4v) is 1.45. The van der Waals surface area contributed by atoms with Crippen molar-refractivity contribution in [1.29, 1.82) is 0 Å². The van der Waals surface area contributed by atoms with Crippen LogP contribution in [-0.4, -0.2) is 23.3 Å². The second-order valence-corrected chi connectivity index (χ2v) is 3.83. The van der Waals surface area contributed by atoms with Gasteiger partial charge in [0.15, 0.2) is 0 Å². The van der Waals surface area contributed by atoms with Crippen LogP contribution in [0.2, 0.25) is 0 Å². The van der Waals surface area contributed by atoms with Crippen LogP contribution >= 0.6 is 11.6 Å². The van der Waals surface area contributed by atoms with Gasteiger partial charge in [-0.25, -0.2) is 0 Å². The summed E-state index contributed by atoms with van der Waals surface area (Å²) in [4.78, 5) is 21.5. The van der Waals surface area contributed by atoms with Gasteiger partial charge in [-0.2, -0.15) is 0 Å². The van der Waals surface area contributed by atoms with E-state index in [2.05, 4.69) is 5.32 Å². The van der Waals surface area contributed by atoms with Gasteiger partial charge in [0.1, 0.15) is 0 Å². The number of carbonyl (C=O) groups excluding carboxylic acids is 1. The fourth-order valence-electron chi connectivity index (χ4n) is 1.26. The highest BCUT2D eigenvalue weighted by Gasteiger charge is 2.08. The number of carbonyl (C=O) groups is 1. The largest absolute Gasteiger partial charge is 0.352 e. The Morgan fingerprint density at radius 3 is 2.47 bits per heavy atom. The van der Waals surface area contributed by atoms with E-state index in [0.29, 0.717) is 18.0 Å². The molecule has 6 heteroatoms. The molecule has 0 aromatic heterocycles. The number of nitrogens with zero attached hydrogens (tertiary/aromatic N) is 1. The number of hydrogen-bond acceptors (Lipinski definition) is 3. The predicted molar refractivity (Wildman–Crippen MR) is 65.4 cm³/mol. The van der Waals surface area contributed by atoms with Gasteiger partial charge in [0.2, 0.25) is 0 Å². The van der Waals surface area contributed by atoms with E-state index >= 15 is 0 Å². The lowest BCUT2D eigenvalue weighted by Crippen LogP contribution is -2.24. The average Bonchev–Trinajstić information content (AvgIpc) is 2.34. The Hall–Kier alpha value is -1.62. The molecule has 17 heavy (non-hydrogen) atoms. The molecular formula is C11H13ClN2O3. The molecule has 0 saturated heterocycles. The Bertz CT molecular complexity index is 392. The van der Waals surface area contributed by atoms with E-state index < -0.39 is 4.92 Å². The summed E-state index contributed by atoms with van der Waals surface area (Å²) in [7, 11) is 0. The van der Waals surface area contributed by atoms with Crippen molar-refractivity contribution in [2.24, 2.45) is 0 Å². The van der Waals surface area contributed by atoms with Gasteiger partial charge in [0.05, 0.1) is 4.92 Å². The highest BCUT2D eigenvalue weighted by molar-refractivity contribution is 6.17. The van der Waals surface area contributed by atoms with Crippen LogP contribution in [0.3, 0.4) is 0 Å². The van der Waals surface area contributed by atoms with Gasteiger partial charge >= 0.3 is 0 Å². The number of unbranched alkanes of at least 4 members (excludes halogenated alkanes) is 1. The molecule has 0 aliphatic carbocycles. The van der Waals surface area contributed by atoms with E-state index in [4.69, 9.17) is 11.6 Å². The van der Waals surface area contributed by atoms with Gasteiger partial charge < -0.3 is 5.32 Å². The molecule has 1 aromatic carbocycles. The first-order chi connectivity index (χ1) is 8.15. The van der Waals surface area contributed by atoms with Crippen LogP contribution in [0.15, 0.2) is 24.3 Å². The zero-order valence-electron chi connectivity index (χ0n) is 9.19. The minimum atomic E-state index is -0.498. The summed E-state index contributed by atoms with van der Waals surface area (Å²) in [6, 6.07) is 5.51. The van der Waals surface area contributed by atoms with Crippen LogP contribution in [0, 0.1) is 10.1 Å². The molecule has 0 aliphatic heterocycles. The van der Waals surface area contributed by atoms with Gasteiger partial charge in [-0.3, -0.25) is 14.9 Å². The molecule has 0 radical (unpaired) electrons. The normalized spacial score (nSPS) is 9.94. The third-order valence-corrected chi connectivity index (χ3v) is 2.45. The number of nitro groups is 1. The van der Waals surface area contributed by atoms with Crippen LogP contribution < -0.4 is 5.32 Å². The van der Waals surface area contributed by atoms with E-state index in [-0.39, 0.29) is 11.6 Å². The lowest BCUT2D eigenvalue weighted by atomic mass is 10.2. The molecule has 1 rings (SSSR count). The van der Waals surface area contributed by atoms with Crippen molar-refractivity contribution in [2.45, 2.75) is 12.8 Å². The Balaban J connectivity index is 2.49. The van der Waals surface area contributed by atoms with Gasteiger partial charge in [-0.15, -0.1) is 11.6 Å². The third-order valence-electron chi connectivity index (χ3n) is 2.19. The maximum Gasteiger partial charge on any atom is 0.269 e. The Morgan fingerprint density at radius 1 is 1.29 bits per heavy atom. The standard InChI is InChI=1S/C11H13ClN2O3/c12-7-1-2-8-13-11(15)9-3-5-10(6-4-9)14(16)17/h3-6H,1-2,7-8H2,(H,13,15). The average molecular weight is 257 g/mol. The summed E-state index contributed by atoms with van der Waals surface area (Å²) in [5, 5.41) is 13.1. The second-order valence-electron chi connectivity index (χ2n) is 3.46. The van der Waals surface area contributed by atoms with Gasteiger partial charge in [-0.1, -0.05) is 0 Å². The van der Waals surface area contributed by atoms with E-state index in [0.717, 1.165) is 12.8 Å². The molecule has 0 atom stereocenters. The number of hydrogen-bond donors (Lipinski definition) is 1. The molecule has 0 bridgehead atoms. The predicted octanol–water partition coefficient (Wildman–Crippen LogP) is 2.34.